The maximum Gasteiger partial charge on any atom is 0.225 e. The molecule has 1 aromatic rings. The third kappa shape index (κ3) is 4.12. The molecule has 0 spiro atoms. The maximum atomic E-state index is 12.1. The fourth-order valence-corrected chi connectivity index (χ4v) is 2.03. The van der Waals surface area contributed by atoms with Crippen LogP contribution in [0.3, 0.4) is 0 Å². The van der Waals surface area contributed by atoms with Crippen molar-refractivity contribution in [3.8, 4) is 11.8 Å². The molecule has 1 rings (SSSR count). The second-order valence-electron chi connectivity index (χ2n) is 4.52. The highest BCUT2D eigenvalue weighted by molar-refractivity contribution is 6.31. The predicted octanol–water partition coefficient (Wildman–Crippen LogP) is 1.94. The molecule has 0 heterocycles. The molecule has 0 radical (unpaired) electrons. The Morgan fingerprint density at radius 1 is 1.50 bits per heavy atom. The van der Waals surface area contributed by atoms with Crippen LogP contribution in [0.5, 0.6) is 5.75 Å². The summed E-state index contributed by atoms with van der Waals surface area (Å²) >= 11 is 6.07. The maximum absolute atomic E-state index is 12.1. The number of methoxy groups -OCH3 is 2. The third-order valence-electron chi connectivity index (χ3n) is 2.73. The van der Waals surface area contributed by atoms with Gasteiger partial charge in [0.05, 0.1) is 26.2 Å². The molecule has 0 aromatic heterocycles. The number of nitrogens with one attached hydrogen (secondary N) is 1. The second kappa shape index (κ2) is 7.13. The number of halogens is 1. The first-order valence-electron chi connectivity index (χ1n) is 5.98. The quantitative estimate of drug-likeness (QED) is 0.871. The fourth-order valence-electron chi connectivity index (χ4n) is 1.80. The number of hydrogen-bond donors (Lipinski definition) is 1. The SMILES string of the molecule is COC[C@](C)(C#N)NC(=O)Cc1c(Cl)cccc1OC. The van der Waals surface area contributed by atoms with Gasteiger partial charge in [-0.2, -0.15) is 5.26 Å². The number of carbonyl (C=O) groups excluding carboxylic acids is 1. The summed E-state index contributed by atoms with van der Waals surface area (Å²) in [6.07, 6.45) is 0.0316. The fraction of sp³-hybridized carbons (Fsp3) is 0.429. The van der Waals surface area contributed by atoms with Gasteiger partial charge in [0.1, 0.15) is 11.3 Å². The Morgan fingerprint density at radius 3 is 2.75 bits per heavy atom. The van der Waals surface area contributed by atoms with Crippen molar-refractivity contribution in [2.45, 2.75) is 18.9 Å². The molecule has 0 saturated heterocycles. The molecule has 0 aliphatic heterocycles. The first kappa shape index (κ1) is 16.3. The number of rotatable bonds is 6. The Bertz CT molecular complexity index is 528. The molecule has 0 aliphatic rings. The Hall–Kier alpha value is -1.77. The van der Waals surface area contributed by atoms with E-state index in [4.69, 9.17) is 26.3 Å². The van der Waals surface area contributed by atoms with Gasteiger partial charge >= 0.3 is 0 Å². The second-order valence-corrected chi connectivity index (χ2v) is 4.93. The van der Waals surface area contributed by atoms with Crippen LogP contribution >= 0.6 is 11.6 Å². The van der Waals surface area contributed by atoms with E-state index in [2.05, 4.69) is 5.32 Å². The van der Waals surface area contributed by atoms with E-state index in [0.29, 0.717) is 16.3 Å². The normalized spacial score (nSPS) is 13.2. The average molecular weight is 297 g/mol. The Morgan fingerprint density at radius 2 is 2.20 bits per heavy atom. The van der Waals surface area contributed by atoms with Crippen molar-refractivity contribution < 1.29 is 14.3 Å². The van der Waals surface area contributed by atoms with E-state index >= 15 is 0 Å². The summed E-state index contributed by atoms with van der Waals surface area (Å²) in [5.74, 6) is 0.218. The van der Waals surface area contributed by atoms with Gasteiger partial charge in [-0.15, -0.1) is 0 Å². The zero-order valence-electron chi connectivity index (χ0n) is 11.7. The lowest BCUT2D eigenvalue weighted by Gasteiger charge is -2.22. The van der Waals surface area contributed by atoms with Gasteiger partial charge in [-0.05, 0) is 19.1 Å². The minimum Gasteiger partial charge on any atom is -0.496 e. The molecule has 0 aliphatic carbocycles. The summed E-state index contributed by atoms with van der Waals surface area (Å²) < 4.78 is 10.1. The van der Waals surface area contributed by atoms with Gasteiger partial charge in [0.25, 0.3) is 0 Å². The van der Waals surface area contributed by atoms with E-state index in [9.17, 15) is 4.79 Å². The van der Waals surface area contributed by atoms with Gasteiger partial charge in [0, 0.05) is 17.7 Å². The average Bonchev–Trinajstić information content (AvgIpc) is 2.41. The Kier molecular flexibility index (Phi) is 5.81. The topological polar surface area (TPSA) is 71.3 Å². The number of nitrogens with zero attached hydrogens (tertiary/aromatic N) is 1. The van der Waals surface area contributed by atoms with Crippen LogP contribution in [0.2, 0.25) is 5.02 Å². The first-order chi connectivity index (χ1) is 9.45. The smallest absolute Gasteiger partial charge is 0.225 e. The summed E-state index contributed by atoms with van der Waals surface area (Å²) in [7, 11) is 2.98. The summed E-state index contributed by atoms with van der Waals surface area (Å²) in [5, 5.41) is 12.2. The minimum absolute atomic E-state index is 0.0316. The Balaban J connectivity index is 2.85. The Labute approximate surface area is 123 Å². The summed E-state index contributed by atoms with van der Waals surface area (Å²) in [5.41, 5.74) is -0.479. The van der Waals surface area contributed by atoms with Gasteiger partial charge in [-0.1, -0.05) is 17.7 Å². The highest BCUT2D eigenvalue weighted by atomic mass is 35.5. The van der Waals surface area contributed by atoms with Gasteiger partial charge in [0.15, 0.2) is 0 Å². The number of amides is 1. The van der Waals surface area contributed by atoms with Crippen molar-refractivity contribution in [2.24, 2.45) is 0 Å². The van der Waals surface area contributed by atoms with Crippen LogP contribution in [-0.4, -0.2) is 32.3 Å². The van der Waals surface area contributed by atoms with Gasteiger partial charge < -0.3 is 14.8 Å². The predicted molar refractivity (Wildman–Crippen MR) is 75.7 cm³/mol. The zero-order chi connectivity index (χ0) is 15.2. The molecule has 108 valence electrons. The number of carbonyl (C=O) groups is 1. The molecule has 0 bridgehead atoms. The number of hydrogen-bond acceptors (Lipinski definition) is 4. The van der Waals surface area contributed by atoms with Crippen molar-refractivity contribution in [3.05, 3.63) is 28.8 Å². The lowest BCUT2D eigenvalue weighted by Crippen LogP contribution is -2.48. The molecule has 5 nitrogen and oxygen atoms in total. The number of nitriles is 1. The van der Waals surface area contributed by atoms with Crippen molar-refractivity contribution >= 4 is 17.5 Å². The van der Waals surface area contributed by atoms with Gasteiger partial charge in [-0.3, -0.25) is 4.79 Å². The van der Waals surface area contributed by atoms with Gasteiger partial charge in [0.2, 0.25) is 5.91 Å². The molecule has 0 saturated carbocycles. The monoisotopic (exact) mass is 296 g/mol. The molecular formula is C14H17ClN2O3. The van der Waals surface area contributed by atoms with E-state index in [-0.39, 0.29) is 18.9 Å². The van der Waals surface area contributed by atoms with E-state index in [1.165, 1.54) is 14.2 Å². The molecule has 1 amide bonds. The first-order valence-corrected chi connectivity index (χ1v) is 6.36. The lowest BCUT2D eigenvalue weighted by molar-refractivity contribution is -0.122. The van der Waals surface area contributed by atoms with Crippen molar-refractivity contribution in [2.75, 3.05) is 20.8 Å². The van der Waals surface area contributed by atoms with E-state index in [0.717, 1.165) is 0 Å². The van der Waals surface area contributed by atoms with Crippen LogP contribution in [-0.2, 0) is 16.0 Å². The molecular weight excluding hydrogens is 280 g/mol. The molecule has 0 unspecified atom stereocenters. The van der Waals surface area contributed by atoms with E-state index < -0.39 is 5.54 Å². The summed E-state index contributed by atoms with van der Waals surface area (Å²) in [6.45, 7) is 1.70. The number of benzene rings is 1. The zero-order valence-corrected chi connectivity index (χ0v) is 12.5. The molecule has 6 heteroatoms. The van der Waals surface area contributed by atoms with Crippen LogP contribution in [0.15, 0.2) is 18.2 Å². The van der Waals surface area contributed by atoms with Crippen LogP contribution in [0.25, 0.3) is 0 Å². The molecule has 0 fully saturated rings. The number of ether oxygens (including phenoxy) is 2. The highest BCUT2D eigenvalue weighted by Crippen LogP contribution is 2.26. The molecule has 1 aromatic carbocycles. The summed E-state index contributed by atoms with van der Waals surface area (Å²) in [4.78, 5) is 12.1. The van der Waals surface area contributed by atoms with Crippen molar-refractivity contribution in [1.82, 2.24) is 5.32 Å². The van der Waals surface area contributed by atoms with Crippen LogP contribution in [0, 0.1) is 11.3 Å². The lowest BCUT2D eigenvalue weighted by atomic mass is 10.0. The highest BCUT2D eigenvalue weighted by Gasteiger charge is 2.26. The van der Waals surface area contributed by atoms with E-state index in [1.54, 1.807) is 25.1 Å². The van der Waals surface area contributed by atoms with Gasteiger partial charge in [-0.25, -0.2) is 0 Å². The molecule has 1 N–H and O–H groups in total. The largest absolute Gasteiger partial charge is 0.496 e. The molecule has 20 heavy (non-hydrogen) atoms. The van der Waals surface area contributed by atoms with Crippen molar-refractivity contribution in [1.29, 1.82) is 5.26 Å². The minimum atomic E-state index is -1.07. The van der Waals surface area contributed by atoms with Crippen LogP contribution in [0.1, 0.15) is 12.5 Å². The van der Waals surface area contributed by atoms with E-state index in [1.807, 2.05) is 6.07 Å². The molecule has 1 atom stereocenters. The van der Waals surface area contributed by atoms with Crippen LogP contribution < -0.4 is 10.1 Å². The summed E-state index contributed by atoms with van der Waals surface area (Å²) in [6, 6.07) is 7.18. The van der Waals surface area contributed by atoms with Crippen molar-refractivity contribution in [3.63, 3.8) is 0 Å². The standard InChI is InChI=1S/C14H17ClN2O3/c1-14(8-16,9-19-2)17-13(18)7-10-11(15)5-4-6-12(10)20-3/h4-6H,7,9H2,1-3H3,(H,17,18)/t14-/m0/s1. The van der Waals surface area contributed by atoms with Crippen LogP contribution in [0.4, 0.5) is 0 Å². The third-order valence-corrected chi connectivity index (χ3v) is 3.08.